The molecular weight excluding hydrogens is 482 g/mol. The maximum Gasteiger partial charge on any atom is 0.335 e. The molecule has 8 heteroatoms. The molecule has 0 unspecified atom stereocenters. The molecule has 0 spiro atoms. The molecule has 3 aromatic carbocycles. The van der Waals surface area contributed by atoms with Gasteiger partial charge in [-0.15, -0.1) is 5.73 Å². The van der Waals surface area contributed by atoms with Crippen molar-refractivity contribution in [3.8, 4) is 22.7 Å². The highest BCUT2D eigenvalue weighted by Gasteiger charge is 2.25. The van der Waals surface area contributed by atoms with Crippen molar-refractivity contribution in [2.45, 2.75) is 0 Å². The Balaban J connectivity index is 1.98. The van der Waals surface area contributed by atoms with E-state index < -0.39 is 23.3 Å². The van der Waals surface area contributed by atoms with Crippen LogP contribution in [-0.2, 0) is 0 Å². The Kier molecular flexibility index (Phi) is 7.28. The molecule has 0 atom stereocenters. The molecule has 0 radical (unpaired) electrons. The number of hydrogen-bond donors (Lipinski definition) is 3. The summed E-state index contributed by atoms with van der Waals surface area (Å²) in [4.78, 5) is 39.6. The molecule has 1 heterocycles. The van der Waals surface area contributed by atoms with Crippen molar-refractivity contribution < 1.29 is 19.8 Å². The standard InChI is InChI=1S/C30H25N3O5/c1-32(2)22-15-11-19(12-16-22)7-6-10-24-25(20-8-4-3-5-9-20)26(27(31)34)29(36)33(28(24)35)23-17-13-21(14-18-23)30(37)38/h3-5,7-18,36H,1-2H3,(H2,31,34)(H,37,38). The Morgan fingerprint density at radius 1 is 0.921 bits per heavy atom. The molecule has 8 nitrogen and oxygen atoms in total. The normalized spacial score (nSPS) is 10.4. The second-order valence-electron chi connectivity index (χ2n) is 8.65. The van der Waals surface area contributed by atoms with Crippen molar-refractivity contribution in [1.29, 1.82) is 0 Å². The molecule has 0 aliphatic carbocycles. The van der Waals surface area contributed by atoms with Gasteiger partial charge in [0.15, 0.2) is 0 Å². The number of nitrogens with two attached hydrogens (primary N) is 1. The Morgan fingerprint density at radius 2 is 1.55 bits per heavy atom. The molecule has 1 aromatic heterocycles. The van der Waals surface area contributed by atoms with Crippen LogP contribution in [-0.4, -0.2) is 40.8 Å². The van der Waals surface area contributed by atoms with Gasteiger partial charge in [-0.2, -0.15) is 0 Å². The average molecular weight is 508 g/mol. The van der Waals surface area contributed by atoms with E-state index in [0.717, 1.165) is 15.8 Å². The third kappa shape index (κ3) is 5.11. The van der Waals surface area contributed by atoms with E-state index in [4.69, 9.17) is 5.73 Å². The summed E-state index contributed by atoms with van der Waals surface area (Å²) in [6.45, 7) is 0. The molecule has 0 fully saturated rings. The highest BCUT2D eigenvalue weighted by atomic mass is 16.4. The zero-order valence-electron chi connectivity index (χ0n) is 20.8. The molecule has 4 N–H and O–H groups in total. The number of pyridine rings is 1. The van der Waals surface area contributed by atoms with Gasteiger partial charge in [-0.05, 0) is 59.7 Å². The number of carbonyl (C=O) groups is 2. The molecular formula is C30H25N3O5. The number of primary amides is 1. The lowest BCUT2D eigenvalue weighted by atomic mass is 9.94. The zero-order chi connectivity index (χ0) is 27.4. The molecule has 0 aliphatic rings. The monoisotopic (exact) mass is 507 g/mol. The van der Waals surface area contributed by atoms with Gasteiger partial charge in [-0.25, -0.2) is 9.36 Å². The van der Waals surface area contributed by atoms with Gasteiger partial charge in [0.05, 0.1) is 16.8 Å². The smallest absolute Gasteiger partial charge is 0.335 e. The molecule has 4 rings (SSSR count). The third-order valence-corrected chi connectivity index (χ3v) is 5.96. The molecule has 38 heavy (non-hydrogen) atoms. The summed E-state index contributed by atoms with van der Waals surface area (Å²) in [6.07, 6.45) is 3.13. The van der Waals surface area contributed by atoms with Gasteiger partial charge in [0, 0.05) is 25.3 Å². The van der Waals surface area contributed by atoms with E-state index in [-0.39, 0.29) is 27.9 Å². The quantitative estimate of drug-likeness (QED) is 0.319. The Bertz CT molecular complexity index is 1630. The number of nitrogens with zero attached hydrogens (tertiary/aromatic N) is 2. The minimum absolute atomic E-state index is 0.000608. The van der Waals surface area contributed by atoms with Crippen LogP contribution in [0.1, 0.15) is 31.8 Å². The van der Waals surface area contributed by atoms with Crippen LogP contribution in [0.25, 0.3) is 29.0 Å². The number of aromatic carboxylic acids is 1. The third-order valence-electron chi connectivity index (χ3n) is 5.96. The van der Waals surface area contributed by atoms with Crippen molar-refractivity contribution in [1.82, 2.24) is 4.57 Å². The summed E-state index contributed by atoms with van der Waals surface area (Å²) < 4.78 is 0.928. The molecule has 0 saturated carbocycles. The predicted molar refractivity (Wildman–Crippen MR) is 148 cm³/mol. The van der Waals surface area contributed by atoms with Crippen LogP contribution in [0, 0.1) is 0 Å². The van der Waals surface area contributed by atoms with Gasteiger partial charge in [0.25, 0.3) is 11.5 Å². The molecule has 0 saturated heterocycles. The summed E-state index contributed by atoms with van der Waals surface area (Å²) in [7, 11) is 3.88. The summed E-state index contributed by atoms with van der Waals surface area (Å²) in [6, 6.07) is 21.7. The van der Waals surface area contributed by atoms with Gasteiger partial charge in [0.2, 0.25) is 5.88 Å². The van der Waals surface area contributed by atoms with Crippen LogP contribution in [0.15, 0.2) is 89.4 Å². The maximum atomic E-state index is 13.8. The maximum absolute atomic E-state index is 13.8. The fourth-order valence-corrected chi connectivity index (χ4v) is 4.04. The number of carboxylic acid groups (broad SMARTS) is 1. The van der Waals surface area contributed by atoms with Crippen LogP contribution < -0.4 is 16.2 Å². The number of carboxylic acids is 1. The second kappa shape index (κ2) is 10.7. The van der Waals surface area contributed by atoms with Crippen LogP contribution >= 0.6 is 0 Å². The molecule has 190 valence electrons. The average Bonchev–Trinajstić information content (AvgIpc) is 2.90. The number of aromatic nitrogens is 1. The first-order chi connectivity index (χ1) is 18.2. The first-order valence-corrected chi connectivity index (χ1v) is 11.6. The van der Waals surface area contributed by atoms with E-state index >= 15 is 0 Å². The Labute approximate surface area is 218 Å². The van der Waals surface area contributed by atoms with Crippen molar-refractivity contribution >= 4 is 29.7 Å². The first-order valence-electron chi connectivity index (χ1n) is 11.6. The van der Waals surface area contributed by atoms with E-state index in [2.05, 4.69) is 5.73 Å². The van der Waals surface area contributed by atoms with Gasteiger partial charge in [0.1, 0.15) is 5.56 Å². The molecule has 0 bridgehead atoms. The zero-order valence-corrected chi connectivity index (χ0v) is 20.8. The van der Waals surface area contributed by atoms with Gasteiger partial charge >= 0.3 is 5.97 Å². The first kappa shape index (κ1) is 25.8. The van der Waals surface area contributed by atoms with Crippen molar-refractivity contribution in [3.05, 3.63) is 117 Å². The minimum atomic E-state index is -1.14. The number of benzene rings is 3. The molecule has 4 aromatic rings. The number of aromatic hydroxyl groups is 1. The number of hydrogen-bond acceptors (Lipinski definition) is 5. The summed E-state index contributed by atoms with van der Waals surface area (Å²) >= 11 is 0. The lowest BCUT2D eigenvalue weighted by Crippen LogP contribution is -2.26. The topological polar surface area (TPSA) is 126 Å². The summed E-state index contributed by atoms with van der Waals surface area (Å²) in [5.74, 6) is -2.72. The fourth-order valence-electron chi connectivity index (χ4n) is 4.04. The van der Waals surface area contributed by atoms with Crippen LogP contribution in [0.4, 0.5) is 5.69 Å². The number of rotatable bonds is 7. The predicted octanol–water partition coefficient (Wildman–Crippen LogP) is 4.40. The van der Waals surface area contributed by atoms with Crippen LogP contribution in [0.5, 0.6) is 5.88 Å². The molecule has 0 aliphatic heterocycles. The highest BCUT2D eigenvalue weighted by Crippen LogP contribution is 2.33. The Hall–Kier alpha value is -5.33. The number of anilines is 1. The van der Waals surface area contributed by atoms with Gasteiger partial charge in [-0.3, -0.25) is 9.59 Å². The van der Waals surface area contributed by atoms with Gasteiger partial charge in [-0.1, -0.05) is 42.5 Å². The van der Waals surface area contributed by atoms with E-state index in [1.165, 1.54) is 30.3 Å². The highest BCUT2D eigenvalue weighted by molar-refractivity contribution is 6.04. The lowest BCUT2D eigenvalue weighted by molar-refractivity contribution is 0.0696. The van der Waals surface area contributed by atoms with E-state index in [0.29, 0.717) is 5.56 Å². The van der Waals surface area contributed by atoms with E-state index in [9.17, 15) is 24.6 Å². The van der Waals surface area contributed by atoms with Gasteiger partial charge < -0.3 is 20.8 Å². The summed E-state index contributed by atoms with van der Waals surface area (Å²) in [5, 5.41) is 20.3. The number of carbonyl (C=O) groups excluding carboxylic acids is 1. The fraction of sp³-hybridized carbons (Fsp3) is 0.0667. The lowest BCUT2D eigenvalue weighted by Gasteiger charge is -2.17. The SMILES string of the molecule is CN(C)c1ccc(C=C=Cc2c(-c3ccccc3)c(C(N)=O)c(O)n(-c3ccc(C(=O)O)cc3)c2=O)cc1. The molecule has 1 amide bonds. The van der Waals surface area contributed by atoms with Crippen LogP contribution in [0.3, 0.4) is 0 Å². The van der Waals surface area contributed by atoms with Crippen molar-refractivity contribution in [2.75, 3.05) is 19.0 Å². The largest absolute Gasteiger partial charge is 0.494 e. The van der Waals surface area contributed by atoms with E-state index in [1.807, 2.05) is 43.3 Å². The second-order valence-corrected chi connectivity index (χ2v) is 8.65. The number of amides is 1. The van der Waals surface area contributed by atoms with E-state index in [1.54, 1.807) is 36.4 Å². The van der Waals surface area contributed by atoms with Crippen molar-refractivity contribution in [2.24, 2.45) is 5.73 Å². The minimum Gasteiger partial charge on any atom is -0.494 e. The van der Waals surface area contributed by atoms with Crippen molar-refractivity contribution in [3.63, 3.8) is 0 Å². The Morgan fingerprint density at radius 3 is 2.11 bits per heavy atom. The van der Waals surface area contributed by atoms with Crippen LogP contribution in [0.2, 0.25) is 0 Å². The summed E-state index contributed by atoms with van der Waals surface area (Å²) in [5.41, 5.74) is 10.6.